The molecule has 0 aromatic carbocycles. The van der Waals surface area contributed by atoms with Gasteiger partial charge in [0.05, 0.1) is 6.61 Å². The first-order chi connectivity index (χ1) is 9.58. The largest absolute Gasteiger partial charge is 0.481 e. The summed E-state index contributed by atoms with van der Waals surface area (Å²) in [5.41, 5.74) is 0. The molecule has 0 unspecified atom stereocenters. The van der Waals surface area contributed by atoms with Gasteiger partial charge in [0, 0.05) is 0 Å². The number of hydrogen-bond donors (Lipinski definition) is 1. The average Bonchev–Trinajstić information content (AvgIpc) is 2.97. The van der Waals surface area contributed by atoms with E-state index in [2.05, 4.69) is 30.4 Å². The van der Waals surface area contributed by atoms with E-state index in [0.29, 0.717) is 0 Å². The first kappa shape index (κ1) is 13.6. The average molecular weight is 278 g/mol. The van der Waals surface area contributed by atoms with Gasteiger partial charge in [0.15, 0.2) is 11.7 Å². The molecule has 0 saturated carbocycles. The summed E-state index contributed by atoms with van der Waals surface area (Å²) in [6.07, 6.45) is -0.437. The van der Waals surface area contributed by atoms with Crippen LogP contribution in [0.25, 0.3) is 0 Å². The van der Waals surface area contributed by atoms with Crippen molar-refractivity contribution < 1.29 is 19.4 Å². The Morgan fingerprint density at radius 3 is 2.05 bits per heavy atom. The van der Waals surface area contributed by atoms with Crippen molar-refractivity contribution >= 4 is 23.6 Å². The Labute approximate surface area is 112 Å². The zero-order valence-corrected chi connectivity index (χ0v) is 10.5. The number of esters is 1. The zero-order chi connectivity index (χ0) is 14.5. The molecule has 0 bridgehead atoms. The first-order valence-corrected chi connectivity index (χ1v) is 5.68. The molecule has 0 fully saturated rings. The van der Waals surface area contributed by atoms with Crippen molar-refractivity contribution in [1.29, 1.82) is 0 Å². The Hall–Kier alpha value is -2.78. The lowest BCUT2D eigenvalue weighted by molar-refractivity contribution is -0.141. The quantitative estimate of drug-likeness (QED) is 0.756. The third-order valence-electron chi connectivity index (χ3n) is 2.11. The van der Waals surface area contributed by atoms with Gasteiger partial charge in [-0.1, -0.05) is 0 Å². The molecule has 0 aliphatic carbocycles. The third kappa shape index (κ3) is 3.37. The van der Waals surface area contributed by atoms with Crippen LogP contribution in [0.4, 0.5) is 0 Å². The Bertz CT molecular complexity index is 601. The number of amidine groups is 2. The Morgan fingerprint density at radius 1 is 1.00 bits per heavy atom. The molecule has 0 amide bonds. The normalized spacial score (nSPS) is 20.1. The Kier molecular flexibility index (Phi) is 4.03. The first-order valence-electron chi connectivity index (χ1n) is 5.68. The molecule has 2 heterocycles. The molecule has 1 N–H and O–H groups in total. The van der Waals surface area contributed by atoms with Crippen molar-refractivity contribution in [2.24, 2.45) is 30.4 Å². The number of carboxylic acids is 1. The van der Waals surface area contributed by atoms with E-state index in [1.165, 1.54) is 0 Å². The van der Waals surface area contributed by atoms with Crippen molar-refractivity contribution in [3.63, 3.8) is 0 Å². The van der Waals surface area contributed by atoms with E-state index in [4.69, 9.17) is 9.84 Å². The highest BCUT2D eigenvalue weighted by Gasteiger charge is 2.20. The van der Waals surface area contributed by atoms with E-state index in [0.717, 1.165) is 0 Å². The van der Waals surface area contributed by atoms with Gasteiger partial charge in [0.2, 0.25) is 11.6 Å². The number of rotatable bonds is 5. The monoisotopic (exact) mass is 278 g/mol. The molecule has 20 heavy (non-hydrogen) atoms. The van der Waals surface area contributed by atoms with Crippen LogP contribution in [-0.4, -0.2) is 35.3 Å². The SMILES string of the molecule is CCOC(=O)CC1=NC(=C2N=NC(CC(=O)O)=N2)N=N1. The van der Waals surface area contributed by atoms with Crippen LogP contribution in [0.3, 0.4) is 0 Å². The van der Waals surface area contributed by atoms with Crippen molar-refractivity contribution in [2.45, 2.75) is 19.8 Å². The molecule has 2 aliphatic rings. The van der Waals surface area contributed by atoms with E-state index < -0.39 is 11.9 Å². The minimum Gasteiger partial charge on any atom is -0.481 e. The molecule has 10 heteroatoms. The third-order valence-corrected chi connectivity index (χ3v) is 2.11. The molecule has 0 atom stereocenters. The lowest BCUT2D eigenvalue weighted by Gasteiger charge is -1.97. The predicted molar refractivity (Wildman–Crippen MR) is 65.1 cm³/mol. The summed E-state index contributed by atoms with van der Waals surface area (Å²) in [7, 11) is 0. The smallest absolute Gasteiger partial charge is 0.313 e. The van der Waals surface area contributed by atoms with Gasteiger partial charge in [-0.05, 0) is 6.92 Å². The number of carbonyl (C=O) groups is 2. The lowest BCUT2D eigenvalue weighted by Crippen LogP contribution is -2.08. The number of azo groups is 2. The molecule has 2 aliphatic heterocycles. The van der Waals surface area contributed by atoms with Crippen LogP contribution in [-0.2, 0) is 14.3 Å². The summed E-state index contributed by atoms with van der Waals surface area (Å²) in [4.78, 5) is 29.6. The van der Waals surface area contributed by atoms with Crippen LogP contribution in [0.15, 0.2) is 42.1 Å². The van der Waals surface area contributed by atoms with E-state index in [1.807, 2.05) is 0 Å². The predicted octanol–water partition coefficient (Wildman–Crippen LogP) is 1.27. The highest BCUT2D eigenvalue weighted by atomic mass is 16.5. The van der Waals surface area contributed by atoms with Crippen LogP contribution in [0.1, 0.15) is 19.8 Å². The molecular formula is C10H10N6O4. The molecule has 0 radical (unpaired) electrons. The van der Waals surface area contributed by atoms with Gasteiger partial charge in [0.25, 0.3) is 0 Å². The minimum absolute atomic E-state index is 0.0595. The van der Waals surface area contributed by atoms with Gasteiger partial charge in [-0.2, -0.15) is 0 Å². The molecular weight excluding hydrogens is 268 g/mol. The molecule has 0 saturated heterocycles. The Morgan fingerprint density at radius 2 is 1.55 bits per heavy atom. The maximum atomic E-state index is 11.2. The summed E-state index contributed by atoms with van der Waals surface area (Å²) >= 11 is 0. The van der Waals surface area contributed by atoms with Gasteiger partial charge >= 0.3 is 11.9 Å². The number of carboxylic acid groups (broad SMARTS) is 1. The van der Waals surface area contributed by atoms with Gasteiger partial charge in [-0.15, -0.1) is 20.5 Å². The van der Waals surface area contributed by atoms with E-state index in [-0.39, 0.29) is 42.8 Å². The second kappa shape index (κ2) is 5.91. The van der Waals surface area contributed by atoms with Crippen molar-refractivity contribution in [1.82, 2.24) is 0 Å². The summed E-state index contributed by atoms with van der Waals surface area (Å²) < 4.78 is 4.75. The highest BCUT2D eigenvalue weighted by Crippen LogP contribution is 2.22. The molecule has 0 spiro atoms. The van der Waals surface area contributed by atoms with Gasteiger partial charge in [0.1, 0.15) is 12.8 Å². The summed E-state index contributed by atoms with van der Waals surface area (Å²) in [6, 6.07) is 0. The van der Waals surface area contributed by atoms with E-state index in [9.17, 15) is 9.59 Å². The fourth-order valence-corrected chi connectivity index (χ4v) is 1.36. The van der Waals surface area contributed by atoms with Crippen LogP contribution < -0.4 is 0 Å². The van der Waals surface area contributed by atoms with E-state index >= 15 is 0 Å². The number of aliphatic imine (C=N–C) groups is 2. The van der Waals surface area contributed by atoms with Crippen molar-refractivity contribution in [3.05, 3.63) is 11.6 Å². The van der Waals surface area contributed by atoms with Gasteiger partial charge in [-0.3, -0.25) is 9.59 Å². The maximum Gasteiger partial charge on any atom is 0.313 e. The minimum atomic E-state index is -1.06. The topological polar surface area (TPSA) is 138 Å². The second-order valence-electron chi connectivity index (χ2n) is 3.66. The summed E-state index contributed by atoms with van der Waals surface area (Å²) in [5.74, 6) is -1.11. The van der Waals surface area contributed by atoms with Crippen LogP contribution in [0, 0.1) is 0 Å². The fraction of sp³-hybridized carbons (Fsp3) is 0.400. The van der Waals surface area contributed by atoms with Crippen molar-refractivity contribution in [3.8, 4) is 0 Å². The van der Waals surface area contributed by atoms with Crippen LogP contribution >= 0.6 is 0 Å². The maximum absolute atomic E-state index is 11.2. The number of ether oxygens (including phenoxy) is 1. The lowest BCUT2D eigenvalue weighted by atomic mass is 10.4. The van der Waals surface area contributed by atoms with Gasteiger partial charge < -0.3 is 9.84 Å². The zero-order valence-electron chi connectivity index (χ0n) is 10.5. The fourth-order valence-electron chi connectivity index (χ4n) is 1.36. The van der Waals surface area contributed by atoms with E-state index in [1.54, 1.807) is 6.92 Å². The molecule has 10 nitrogen and oxygen atoms in total. The molecule has 0 aromatic heterocycles. The standard InChI is InChI=1S/C10H10N6O4/c1-2-20-8(19)4-6-12-10(16-14-6)9-11-5(13-15-9)3-7(17)18/h2-4H2,1H3,(H,17,18). The molecule has 104 valence electrons. The van der Waals surface area contributed by atoms with Crippen LogP contribution in [0.2, 0.25) is 0 Å². The summed E-state index contributed by atoms with van der Waals surface area (Å²) in [5, 5.41) is 23.3. The number of hydrogen-bond acceptors (Lipinski definition) is 9. The highest BCUT2D eigenvalue weighted by molar-refractivity contribution is 6.00. The number of nitrogens with zero attached hydrogens (tertiary/aromatic N) is 6. The molecule has 0 aromatic rings. The van der Waals surface area contributed by atoms with Gasteiger partial charge in [-0.25, -0.2) is 9.98 Å². The molecule has 2 rings (SSSR count). The summed E-state index contributed by atoms with van der Waals surface area (Å²) in [6.45, 7) is 1.97. The Balaban J connectivity index is 2.07. The van der Waals surface area contributed by atoms with Crippen molar-refractivity contribution in [2.75, 3.05) is 6.61 Å². The van der Waals surface area contributed by atoms with Crippen LogP contribution in [0.5, 0.6) is 0 Å². The number of aliphatic carboxylic acids is 1. The number of carbonyl (C=O) groups excluding carboxylic acids is 1. The second-order valence-corrected chi connectivity index (χ2v) is 3.66.